The quantitative estimate of drug-likeness (QED) is 0.845. The molecule has 1 fully saturated rings. The number of rotatable bonds is 5. The molecule has 1 aliphatic heterocycles. The highest BCUT2D eigenvalue weighted by atomic mass is 19.1. The Labute approximate surface area is 114 Å². The number of benzene rings is 1. The fourth-order valence-electron chi connectivity index (χ4n) is 2.93. The molecule has 1 saturated heterocycles. The Morgan fingerprint density at radius 1 is 1.42 bits per heavy atom. The molecule has 0 amide bonds. The molecule has 0 saturated carbocycles. The lowest BCUT2D eigenvalue weighted by Gasteiger charge is -2.35. The summed E-state index contributed by atoms with van der Waals surface area (Å²) < 4.78 is 13.2. The second-order valence-electron chi connectivity index (χ2n) is 5.49. The Hall–Kier alpha value is -0.970. The average molecular weight is 265 g/mol. The largest absolute Gasteiger partial charge is 0.329 e. The highest BCUT2D eigenvalue weighted by Gasteiger charge is 2.24. The standard InChI is InChI=1S/C15H24FN3/c16-14-5-1-3-12(9-14)10-15(18)13-4-2-7-19(11-13)8-6-17/h1,3,5,9,13,15H,2,4,6-8,10-11,17-18H2. The molecule has 1 aromatic carbocycles. The molecule has 1 aliphatic rings. The topological polar surface area (TPSA) is 55.3 Å². The summed E-state index contributed by atoms with van der Waals surface area (Å²) in [7, 11) is 0. The van der Waals surface area contributed by atoms with E-state index in [2.05, 4.69) is 4.90 Å². The molecule has 3 nitrogen and oxygen atoms in total. The van der Waals surface area contributed by atoms with E-state index in [1.807, 2.05) is 6.07 Å². The highest BCUT2D eigenvalue weighted by molar-refractivity contribution is 5.17. The number of likely N-dealkylation sites (tertiary alicyclic amines) is 1. The van der Waals surface area contributed by atoms with Crippen LogP contribution in [-0.2, 0) is 6.42 Å². The van der Waals surface area contributed by atoms with Crippen molar-refractivity contribution in [2.75, 3.05) is 26.2 Å². The fraction of sp³-hybridized carbons (Fsp3) is 0.600. The molecule has 2 unspecified atom stereocenters. The molecule has 2 rings (SSSR count). The summed E-state index contributed by atoms with van der Waals surface area (Å²) in [5, 5.41) is 0. The minimum atomic E-state index is -0.182. The average Bonchev–Trinajstić information content (AvgIpc) is 2.39. The van der Waals surface area contributed by atoms with E-state index < -0.39 is 0 Å². The molecular weight excluding hydrogens is 241 g/mol. The van der Waals surface area contributed by atoms with Gasteiger partial charge in [-0.2, -0.15) is 0 Å². The van der Waals surface area contributed by atoms with Crippen molar-refractivity contribution in [1.82, 2.24) is 4.90 Å². The van der Waals surface area contributed by atoms with Gasteiger partial charge in [0.2, 0.25) is 0 Å². The van der Waals surface area contributed by atoms with Crippen molar-refractivity contribution in [3.8, 4) is 0 Å². The molecule has 0 aliphatic carbocycles. The summed E-state index contributed by atoms with van der Waals surface area (Å²) >= 11 is 0. The molecule has 0 radical (unpaired) electrons. The maximum Gasteiger partial charge on any atom is 0.123 e. The summed E-state index contributed by atoms with van der Waals surface area (Å²) in [4.78, 5) is 2.39. The van der Waals surface area contributed by atoms with E-state index >= 15 is 0 Å². The molecule has 2 atom stereocenters. The van der Waals surface area contributed by atoms with Crippen LogP contribution in [0, 0.1) is 11.7 Å². The number of halogens is 1. The highest BCUT2D eigenvalue weighted by Crippen LogP contribution is 2.21. The van der Waals surface area contributed by atoms with Crippen molar-refractivity contribution < 1.29 is 4.39 Å². The zero-order valence-electron chi connectivity index (χ0n) is 11.4. The van der Waals surface area contributed by atoms with Crippen LogP contribution < -0.4 is 11.5 Å². The Balaban J connectivity index is 1.90. The van der Waals surface area contributed by atoms with Crippen molar-refractivity contribution >= 4 is 0 Å². The first-order chi connectivity index (χ1) is 9.19. The van der Waals surface area contributed by atoms with Crippen LogP contribution in [0.3, 0.4) is 0 Å². The van der Waals surface area contributed by atoms with Gasteiger partial charge in [-0.15, -0.1) is 0 Å². The molecule has 0 spiro atoms. The summed E-state index contributed by atoms with van der Waals surface area (Å²) in [5.41, 5.74) is 12.9. The molecule has 0 aromatic heterocycles. The summed E-state index contributed by atoms with van der Waals surface area (Å²) in [6.07, 6.45) is 3.10. The number of hydrogen-bond acceptors (Lipinski definition) is 3. The van der Waals surface area contributed by atoms with Crippen LogP contribution in [0.2, 0.25) is 0 Å². The van der Waals surface area contributed by atoms with E-state index in [1.54, 1.807) is 12.1 Å². The first kappa shape index (κ1) is 14.4. The zero-order chi connectivity index (χ0) is 13.7. The van der Waals surface area contributed by atoms with Gasteiger partial charge in [-0.25, -0.2) is 4.39 Å². The van der Waals surface area contributed by atoms with Crippen molar-refractivity contribution in [2.45, 2.75) is 25.3 Å². The maximum absolute atomic E-state index is 13.2. The third kappa shape index (κ3) is 4.27. The maximum atomic E-state index is 13.2. The molecule has 0 bridgehead atoms. The molecule has 106 valence electrons. The van der Waals surface area contributed by atoms with Crippen LogP contribution in [0.15, 0.2) is 24.3 Å². The Bertz CT molecular complexity index is 395. The van der Waals surface area contributed by atoms with Gasteiger partial charge >= 0.3 is 0 Å². The van der Waals surface area contributed by atoms with E-state index in [0.29, 0.717) is 12.5 Å². The van der Waals surface area contributed by atoms with Gasteiger partial charge in [-0.05, 0) is 49.4 Å². The van der Waals surface area contributed by atoms with E-state index in [9.17, 15) is 4.39 Å². The van der Waals surface area contributed by atoms with Gasteiger partial charge in [0.05, 0.1) is 0 Å². The van der Waals surface area contributed by atoms with E-state index in [4.69, 9.17) is 11.5 Å². The van der Waals surface area contributed by atoms with Gasteiger partial charge in [-0.3, -0.25) is 0 Å². The molecule has 4 N–H and O–H groups in total. The second-order valence-corrected chi connectivity index (χ2v) is 5.49. The van der Waals surface area contributed by atoms with Gasteiger partial charge in [-0.1, -0.05) is 12.1 Å². The minimum absolute atomic E-state index is 0.0994. The Morgan fingerprint density at radius 3 is 3.00 bits per heavy atom. The van der Waals surface area contributed by atoms with Crippen LogP contribution in [-0.4, -0.2) is 37.1 Å². The molecule has 1 aromatic rings. The van der Waals surface area contributed by atoms with Gasteiger partial charge in [0.1, 0.15) is 5.82 Å². The van der Waals surface area contributed by atoms with Crippen molar-refractivity contribution in [3.63, 3.8) is 0 Å². The third-order valence-corrected chi connectivity index (χ3v) is 3.95. The van der Waals surface area contributed by atoms with Crippen molar-refractivity contribution in [2.24, 2.45) is 17.4 Å². The number of nitrogens with zero attached hydrogens (tertiary/aromatic N) is 1. The van der Waals surface area contributed by atoms with Crippen LogP contribution >= 0.6 is 0 Å². The van der Waals surface area contributed by atoms with Crippen LogP contribution in [0.25, 0.3) is 0 Å². The molecule has 19 heavy (non-hydrogen) atoms. The second kappa shape index (κ2) is 6.98. The zero-order valence-corrected chi connectivity index (χ0v) is 11.4. The third-order valence-electron chi connectivity index (χ3n) is 3.95. The SMILES string of the molecule is NCCN1CCCC(C(N)Cc2cccc(F)c2)C1. The number of hydrogen-bond donors (Lipinski definition) is 2. The predicted octanol–water partition coefficient (Wildman–Crippen LogP) is 1.37. The lowest BCUT2D eigenvalue weighted by atomic mass is 9.87. The fourth-order valence-corrected chi connectivity index (χ4v) is 2.93. The summed E-state index contributed by atoms with van der Waals surface area (Å²) in [6.45, 7) is 3.79. The lowest BCUT2D eigenvalue weighted by molar-refractivity contribution is 0.161. The van der Waals surface area contributed by atoms with E-state index in [-0.39, 0.29) is 11.9 Å². The van der Waals surface area contributed by atoms with Crippen molar-refractivity contribution in [1.29, 1.82) is 0 Å². The smallest absolute Gasteiger partial charge is 0.123 e. The van der Waals surface area contributed by atoms with Crippen LogP contribution in [0.1, 0.15) is 18.4 Å². The summed E-state index contributed by atoms with van der Waals surface area (Å²) in [5.74, 6) is 0.307. The van der Waals surface area contributed by atoms with Crippen LogP contribution in [0.5, 0.6) is 0 Å². The first-order valence-corrected chi connectivity index (χ1v) is 7.11. The monoisotopic (exact) mass is 265 g/mol. The lowest BCUT2D eigenvalue weighted by Crippen LogP contribution is -2.45. The number of nitrogens with two attached hydrogens (primary N) is 2. The molecule has 4 heteroatoms. The Morgan fingerprint density at radius 2 is 2.26 bits per heavy atom. The molecular formula is C15H24FN3. The van der Waals surface area contributed by atoms with Gasteiger partial charge < -0.3 is 16.4 Å². The first-order valence-electron chi connectivity index (χ1n) is 7.11. The predicted molar refractivity (Wildman–Crippen MR) is 76.3 cm³/mol. The van der Waals surface area contributed by atoms with Gasteiger partial charge in [0, 0.05) is 25.7 Å². The van der Waals surface area contributed by atoms with Crippen LogP contribution in [0.4, 0.5) is 4.39 Å². The van der Waals surface area contributed by atoms with E-state index in [1.165, 1.54) is 12.5 Å². The van der Waals surface area contributed by atoms with E-state index in [0.717, 1.165) is 38.0 Å². The van der Waals surface area contributed by atoms with Crippen molar-refractivity contribution in [3.05, 3.63) is 35.6 Å². The normalized spacial score (nSPS) is 22.4. The Kier molecular flexibility index (Phi) is 5.31. The minimum Gasteiger partial charge on any atom is -0.329 e. The van der Waals surface area contributed by atoms with Gasteiger partial charge in [0.15, 0.2) is 0 Å². The molecule has 1 heterocycles. The van der Waals surface area contributed by atoms with Gasteiger partial charge in [0.25, 0.3) is 0 Å². The summed E-state index contributed by atoms with van der Waals surface area (Å²) in [6, 6.07) is 6.85. The number of piperidine rings is 1.